The summed E-state index contributed by atoms with van der Waals surface area (Å²) in [7, 11) is 3.27. The number of fused-ring (bicyclic) bond motifs is 3. The topological polar surface area (TPSA) is 161 Å². The number of phenols is 1. The Morgan fingerprint density at radius 2 is 1.81 bits per heavy atom. The van der Waals surface area contributed by atoms with Crippen LogP contribution in [0.2, 0.25) is 0 Å². The first kappa shape index (κ1) is 26.0. The Morgan fingerprint density at radius 3 is 2.43 bits per heavy atom. The second-order valence-corrected chi connectivity index (χ2v) is 11.4. The first-order valence-corrected chi connectivity index (χ1v) is 13.0. The van der Waals surface area contributed by atoms with E-state index in [0.29, 0.717) is 18.5 Å². The summed E-state index contributed by atoms with van der Waals surface area (Å²) in [5.41, 5.74) is 4.47. The first-order chi connectivity index (χ1) is 17.5. The number of carbonyl (C=O) groups excluding carboxylic acids is 4. The molecule has 37 heavy (non-hydrogen) atoms. The molecule has 3 unspecified atom stereocenters. The molecule has 3 fully saturated rings. The molecule has 0 spiro atoms. The van der Waals surface area contributed by atoms with Crippen LogP contribution < -0.4 is 5.73 Å². The van der Waals surface area contributed by atoms with Crippen LogP contribution in [0.15, 0.2) is 12.1 Å². The Hall–Kier alpha value is -2.66. The van der Waals surface area contributed by atoms with Crippen LogP contribution in [0.25, 0.3) is 0 Å². The van der Waals surface area contributed by atoms with Crippen molar-refractivity contribution < 1.29 is 34.5 Å². The molecule has 1 aromatic rings. The SMILES string of the molecule is CN(C)[C@H]1C(O)C(C(N)=O)C(=O)[C@]2(O)C(=O)C3C(=O)c4c(O)ccc(CN5CCCCC5)c4C[C@@H]3C[C@H]12. The zero-order valence-electron chi connectivity index (χ0n) is 21.2. The van der Waals surface area contributed by atoms with E-state index in [1.54, 1.807) is 19.0 Å². The van der Waals surface area contributed by atoms with Crippen LogP contribution in [0, 0.1) is 23.7 Å². The van der Waals surface area contributed by atoms with E-state index in [2.05, 4.69) is 4.90 Å². The van der Waals surface area contributed by atoms with Gasteiger partial charge in [-0.1, -0.05) is 12.5 Å². The van der Waals surface area contributed by atoms with Gasteiger partial charge < -0.3 is 26.0 Å². The monoisotopic (exact) mass is 513 g/mol. The van der Waals surface area contributed by atoms with E-state index >= 15 is 0 Å². The van der Waals surface area contributed by atoms with Gasteiger partial charge >= 0.3 is 0 Å². The summed E-state index contributed by atoms with van der Waals surface area (Å²) >= 11 is 0. The minimum atomic E-state index is -2.64. The molecule has 1 saturated heterocycles. The number of phenolic OH excluding ortho intramolecular Hbond substituents is 1. The number of aromatic hydroxyl groups is 1. The van der Waals surface area contributed by atoms with E-state index in [0.717, 1.165) is 31.5 Å². The predicted octanol–water partition coefficient (Wildman–Crippen LogP) is -0.355. The maximum absolute atomic E-state index is 13.9. The number of carbonyl (C=O) groups is 4. The van der Waals surface area contributed by atoms with Gasteiger partial charge in [0, 0.05) is 18.5 Å². The van der Waals surface area contributed by atoms with Crippen LogP contribution >= 0.6 is 0 Å². The summed E-state index contributed by atoms with van der Waals surface area (Å²) in [6.45, 7) is 2.54. The number of hydrogen-bond donors (Lipinski definition) is 4. The summed E-state index contributed by atoms with van der Waals surface area (Å²) in [6.07, 6.45) is 2.34. The molecule has 1 aliphatic heterocycles. The minimum Gasteiger partial charge on any atom is -0.507 e. The van der Waals surface area contributed by atoms with Crippen molar-refractivity contribution in [1.29, 1.82) is 0 Å². The molecule has 1 amide bonds. The predicted molar refractivity (Wildman–Crippen MR) is 131 cm³/mol. The van der Waals surface area contributed by atoms with Gasteiger partial charge in [0.15, 0.2) is 23.0 Å². The highest BCUT2D eigenvalue weighted by Crippen LogP contribution is 2.51. The molecule has 0 aromatic heterocycles. The third kappa shape index (κ3) is 3.84. The third-order valence-electron chi connectivity index (χ3n) is 9.11. The summed E-state index contributed by atoms with van der Waals surface area (Å²) in [5, 5.41) is 33.3. The Morgan fingerprint density at radius 1 is 1.14 bits per heavy atom. The smallest absolute Gasteiger partial charge is 0.230 e. The van der Waals surface area contributed by atoms with E-state index in [-0.39, 0.29) is 17.7 Å². The zero-order valence-corrected chi connectivity index (χ0v) is 21.2. The molecule has 10 nitrogen and oxygen atoms in total. The maximum Gasteiger partial charge on any atom is 0.230 e. The highest BCUT2D eigenvalue weighted by atomic mass is 16.3. The lowest BCUT2D eigenvalue weighted by Gasteiger charge is -2.54. The van der Waals surface area contributed by atoms with Crippen molar-refractivity contribution >= 4 is 23.3 Å². The average Bonchev–Trinajstić information content (AvgIpc) is 2.83. The van der Waals surface area contributed by atoms with Gasteiger partial charge in [0.1, 0.15) is 11.7 Å². The zero-order chi connectivity index (χ0) is 26.8. The largest absolute Gasteiger partial charge is 0.507 e. The highest BCUT2D eigenvalue weighted by Gasteiger charge is 2.69. The van der Waals surface area contributed by atoms with Crippen molar-refractivity contribution in [2.24, 2.45) is 29.4 Å². The molecular weight excluding hydrogens is 478 g/mol. The third-order valence-corrected chi connectivity index (χ3v) is 9.11. The van der Waals surface area contributed by atoms with Gasteiger partial charge in [-0.25, -0.2) is 0 Å². The number of primary amides is 1. The van der Waals surface area contributed by atoms with E-state index in [4.69, 9.17) is 5.73 Å². The molecule has 0 radical (unpaired) electrons. The minimum absolute atomic E-state index is 0.0741. The molecule has 5 rings (SSSR count). The number of likely N-dealkylation sites (tertiary alicyclic amines) is 1. The number of nitrogens with two attached hydrogens (primary N) is 1. The molecule has 3 aliphatic carbocycles. The quantitative estimate of drug-likeness (QED) is 0.394. The number of nitrogens with zero attached hydrogens (tertiary/aromatic N) is 2. The van der Waals surface area contributed by atoms with Gasteiger partial charge in [-0.05, 0) is 76.0 Å². The standard InChI is InChI=1S/C27H35N3O7/c1-29(2)21-16-11-14-10-15-13(12-30-8-4-3-5-9-30)6-7-17(31)19(15)22(32)18(14)24(34)27(16,37)25(35)20(23(21)33)26(28)36/h6-7,14,16,18,20-21,23,31,33,37H,3-5,8-12H2,1-2H3,(H2,28,36)/t14-,16-,18?,20?,21-,23?,27-/m1/s1. The Labute approximate surface area is 215 Å². The Bertz CT molecular complexity index is 1160. The number of rotatable bonds is 4. The summed E-state index contributed by atoms with van der Waals surface area (Å²) in [6, 6.07) is 2.39. The number of likely N-dealkylation sites (N-methyl/N-ethyl adjacent to an activating group) is 1. The molecule has 200 valence electrons. The fourth-order valence-corrected chi connectivity index (χ4v) is 7.39. The van der Waals surface area contributed by atoms with Gasteiger partial charge in [-0.15, -0.1) is 0 Å². The second-order valence-electron chi connectivity index (χ2n) is 11.4. The van der Waals surface area contributed by atoms with Crippen LogP contribution in [0.4, 0.5) is 0 Å². The van der Waals surface area contributed by atoms with Crippen LogP contribution in [0.5, 0.6) is 5.75 Å². The van der Waals surface area contributed by atoms with E-state index in [1.165, 1.54) is 12.5 Å². The lowest BCUT2D eigenvalue weighted by Crippen LogP contribution is -2.75. The molecule has 2 saturated carbocycles. The van der Waals surface area contributed by atoms with Crippen molar-refractivity contribution in [2.75, 3.05) is 27.2 Å². The second kappa shape index (κ2) is 9.27. The van der Waals surface area contributed by atoms with Gasteiger partial charge in [0.25, 0.3) is 0 Å². The van der Waals surface area contributed by atoms with Gasteiger partial charge in [0.2, 0.25) is 5.91 Å². The van der Waals surface area contributed by atoms with Crippen molar-refractivity contribution in [2.45, 2.75) is 56.4 Å². The molecule has 7 atom stereocenters. The Kier molecular flexibility index (Phi) is 6.50. The number of ketones is 3. The van der Waals surface area contributed by atoms with Crippen LogP contribution in [-0.4, -0.2) is 93.3 Å². The van der Waals surface area contributed by atoms with Gasteiger partial charge in [-0.3, -0.25) is 24.1 Å². The normalized spacial score (nSPS) is 36.2. The fraction of sp³-hybridized carbons (Fsp3) is 0.630. The highest BCUT2D eigenvalue weighted by molar-refractivity contribution is 6.25. The number of Topliss-reactive ketones (excluding diaryl/α,β-unsaturated/α-hetero) is 3. The maximum atomic E-state index is 13.9. The van der Waals surface area contributed by atoms with Crippen molar-refractivity contribution in [3.63, 3.8) is 0 Å². The summed E-state index contributed by atoms with van der Waals surface area (Å²) < 4.78 is 0. The molecule has 5 N–H and O–H groups in total. The average molecular weight is 514 g/mol. The summed E-state index contributed by atoms with van der Waals surface area (Å²) in [4.78, 5) is 57.0. The van der Waals surface area contributed by atoms with Gasteiger partial charge in [-0.2, -0.15) is 0 Å². The number of benzene rings is 1. The van der Waals surface area contributed by atoms with E-state index < -0.39 is 64.7 Å². The van der Waals surface area contributed by atoms with E-state index in [1.807, 2.05) is 6.07 Å². The number of aliphatic hydroxyl groups excluding tert-OH is 1. The lowest BCUT2D eigenvalue weighted by molar-refractivity contribution is -0.190. The number of piperidine rings is 1. The van der Waals surface area contributed by atoms with Crippen molar-refractivity contribution in [3.05, 3.63) is 28.8 Å². The molecule has 4 aliphatic rings. The van der Waals surface area contributed by atoms with Crippen LogP contribution in [0.1, 0.15) is 47.2 Å². The van der Waals surface area contributed by atoms with Crippen LogP contribution in [-0.2, 0) is 27.3 Å². The number of amides is 1. The molecule has 10 heteroatoms. The van der Waals surface area contributed by atoms with Crippen molar-refractivity contribution in [3.8, 4) is 5.75 Å². The number of hydrogen-bond acceptors (Lipinski definition) is 9. The van der Waals surface area contributed by atoms with Crippen molar-refractivity contribution in [1.82, 2.24) is 9.80 Å². The molecule has 0 bridgehead atoms. The van der Waals surface area contributed by atoms with E-state index in [9.17, 15) is 34.5 Å². The molecule has 1 heterocycles. The fourth-order valence-electron chi connectivity index (χ4n) is 7.39. The molecule has 1 aromatic carbocycles. The van der Waals surface area contributed by atoms with Gasteiger partial charge in [0.05, 0.1) is 17.6 Å². The molecular formula is C27H35N3O7. The van der Waals surface area contributed by atoms with Crippen LogP contribution in [0.3, 0.4) is 0 Å². The lowest BCUT2D eigenvalue weighted by atomic mass is 9.52. The Balaban J connectivity index is 1.57. The number of aliphatic hydroxyl groups is 2. The first-order valence-electron chi connectivity index (χ1n) is 13.0. The summed E-state index contributed by atoms with van der Waals surface area (Å²) in [5.74, 6) is -8.75.